The second-order valence-corrected chi connectivity index (χ2v) is 28.9. The fourth-order valence-electron chi connectivity index (χ4n) is 6.32. The lowest BCUT2D eigenvalue weighted by Gasteiger charge is -2.47. The lowest BCUT2D eigenvalue weighted by atomic mass is 9.85. The molecule has 0 aromatic carbocycles. The molecule has 10 heteroatoms. The SMILES string of the molecule is CC(C[C@@H]1OC[C@H](C[C@@H]2O[C@H]2[C@H](C)[C@H](C)O[Si](C)(C)C)[C@@H](O[Si](C)(C)C)[C@@H]1O[Si](C)(C)C)=C1Cc2cocc2C1=O. The summed E-state index contributed by atoms with van der Waals surface area (Å²) < 4.78 is 38.5. The Kier molecular flexibility index (Phi) is 9.88. The van der Waals surface area contributed by atoms with Crippen molar-refractivity contribution < 1.29 is 32.0 Å². The van der Waals surface area contributed by atoms with Gasteiger partial charge in [0.15, 0.2) is 30.7 Å². The number of fused-ring (bicyclic) bond motifs is 1. The van der Waals surface area contributed by atoms with Gasteiger partial charge in [0.25, 0.3) is 0 Å². The summed E-state index contributed by atoms with van der Waals surface area (Å²) in [7, 11) is -5.48. The lowest BCUT2D eigenvalue weighted by Crippen LogP contribution is -2.58. The highest BCUT2D eigenvalue weighted by Gasteiger charge is 2.51. The minimum Gasteiger partial charge on any atom is -0.472 e. The maximum atomic E-state index is 13.1. The first kappa shape index (κ1) is 33.0. The molecule has 0 N–H and O–H groups in total. The molecule has 1 aromatic rings. The van der Waals surface area contributed by atoms with Gasteiger partial charge in [-0.15, -0.1) is 0 Å². The molecule has 2 saturated heterocycles. The van der Waals surface area contributed by atoms with Crippen LogP contribution in [0.2, 0.25) is 58.9 Å². The number of hydrogen-bond donors (Lipinski definition) is 0. The Hall–Kier alpha value is -0.859. The normalized spacial score (nSPS) is 31.7. The van der Waals surface area contributed by atoms with Gasteiger partial charge in [-0.3, -0.25) is 4.79 Å². The maximum Gasteiger partial charge on any atom is 0.192 e. The summed E-state index contributed by atoms with van der Waals surface area (Å²) in [5.74, 6) is 0.598. The van der Waals surface area contributed by atoms with Crippen LogP contribution in [0.15, 0.2) is 28.1 Å². The topological polar surface area (TPSA) is 79.7 Å². The van der Waals surface area contributed by atoms with E-state index in [0.717, 1.165) is 23.1 Å². The van der Waals surface area contributed by atoms with E-state index in [4.69, 9.17) is 27.2 Å². The highest BCUT2D eigenvalue weighted by molar-refractivity contribution is 6.70. The van der Waals surface area contributed by atoms with Crippen LogP contribution in [-0.4, -0.2) is 74.0 Å². The summed E-state index contributed by atoms with van der Waals surface area (Å²) in [5, 5.41) is 0. The smallest absolute Gasteiger partial charge is 0.192 e. The third-order valence-corrected chi connectivity index (χ3v) is 11.3. The summed E-state index contributed by atoms with van der Waals surface area (Å²) in [6.07, 6.45) is 5.57. The number of allylic oxidation sites excluding steroid dienone is 1. The number of ketones is 1. The Bertz CT molecular complexity index is 1110. The van der Waals surface area contributed by atoms with Crippen molar-refractivity contribution in [3.63, 3.8) is 0 Å². The van der Waals surface area contributed by atoms with E-state index in [2.05, 4.69) is 79.7 Å². The molecule has 2 aliphatic heterocycles. The van der Waals surface area contributed by atoms with E-state index in [9.17, 15) is 4.79 Å². The van der Waals surface area contributed by atoms with Crippen molar-refractivity contribution in [2.75, 3.05) is 6.61 Å². The molecule has 0 saturated carbocycles. The highest BCUT2D eigenvalue weighted by Crippen LogP contribution is 2.42. The molecular weight excluding hydrogens is 569 g/mol. The van der Waals surface area contributed by atoms with Crippen molar-refractivity contribution in [1.29, 1.82) is 0 Å². The van der Waals surface area contributed by atoms with E-state index < -0.39 is 25.0 Å². The Morgan fingerprint density at radius 1 is 0.927 bits per heavy atom. The third kappa shape index (κ3) is 8.62. The molecule has 41 heavy (non-hydrogen) atoms. The van der Waals surface area contributed by atoms with Gasteiger partial charge in [-0.25, -0.2) is 0 Å². The monoisotopic (exact) mass is 622 g/mol. The maximum absolute atomic E-state index is 13.1. The summed E-state index contributed by atoms with van der Waals surface area (Å²) in [6, 6.07) is 0. The Morgan fingerprint density at radius 3 is 2.15 bits per heavy atom. The predicted octanol–water partition coefficient (Wildman–Crippen LogP) is 7.21. The standard InChI is InChI=1S/C31H54O7Si3/c1-19(24-14-22-16-33-18-25(22)28(24)32)13-26-31(38-41(10,11)12)30(37-40(7,8)9)23(17-34-26)15-27-29(35-27)20(2)21(3)36-39(4,5)6/h16,18,20-21,23,26-27,29-31H,13-15,17H2,1-12H3/t20-,21+,23+,26+,27+,29+,30-,31-/m1/s1. The Balaban J connectivity index is 1.52. The van der Waals surface area contributed by atoms with Gasteiger partial charge in [-0.2, -0.15) is 0 Å². The molecule has 0 bridgehead atoms. The zero-order valence-electron chi connectivity index (χ0n) is 27.5. The van der Waals surface area contributed by atoms with Crippen LogP contribution in [0.5, 0.6) is 0 Å². The van der Waals surface area contributed by atoms with Crippen molar-refractivity contribution in [1.82, 2.24) is 0 Å². The number of epoxide rings is 1. The van der Waals surface area contributed by atoms with E-state index in [1.54, 1.807) is 12.5 Å². The third-order valence-electron chi connectivity index (χ3n) is 8.26. The Labute approximate surface area is 251 Å². The number of carbonyl (C=O) groups is 1. The van der Waals surface area contributed by atoms with Gasteiger partial charge in [-0.05, 0) is 85.6 Å². The van der Waals surface area contributed by atoms with Crippen LogP contribution in [0.25, 0.3) is 0 Å². The molecule has 3 heterocycles. The van der Waals surface area contributed by atoms with E-state index in [0.29, 0.717) is 30.9 Å². The summed E-state index contributed by atoms with van der Waals surface area (Å²) in [5.41, 5.74) is 3.60. The minimum atomic E-state index is -1.95. The fraction of sp³-hybridized carbons (Fsp3) is 0.774. The van der Waals surface area contributed by atoms with Gasteiger partial charge in [0.2, 0.25) is 0 Å². The first-order valence-corrected chi connectivity index (χ1v) is 25.6. The minimum absolute atomic E-state index is 0.0711. The molecule has 3 aliphatic rings. The molecule has 0 amide bonds. The van der Waals surface area contributed by atoms with Crippen LogP contribution < -0.4 is 0 Å². The van der Waals surface area contributed by atoms with Crippen molar-refractivity contribution in [2.45, 2.75) is 136 Å². The van der Waals surface area contributed by atoms with E-state index in [1.807, 2.05) is 0 Å². The molecule has 0 radical (unpaired) electrons. The van der Waals surface area contributed by atoms with Crippen molar-refractivity contribution in [3.05, 3.63) is 34.8 Å². The van der Waals surface area contributed by atoms with E-state index >= 15 is 0 Å². The molecule has 0 spiro atoms. The number of hydrogen-bond acceptors (Lipinski definition) is 7. The zero-order chi connectivity index (χ0) is 30.5. The van der Waals surface area contributed by atoms with E-state index in [1.165, 1.54) is 0 Å². The van der Waals surface area contributed by atoms with Crippen LogP contribution in [0.1, 0.15) is 49.5 Å². The average Bonchev–Trinajstić information content (AvgIpc) is 3.27. The molecule has 1 aliphatic carbocycles. The van der Waals surface area contributed by atoms with Crippen LogP contribution in [-0.2, 0) is 29.2 Å². The van der Waals surface area contributed by atoms with Crippen LogP contribution in [0.3, 0.4) is 0 Å². The molecule has 0 unspecified atom stereocenters. The molecular formula is C31H54O7Si3. The van der Waals surface area contributed by atoms with E-state index in [-0.39, 0.29) is 48.3 Å². The number of furan rings is 1. The lowest BCUT2D eigenvalue weighted by molar-refractivity contribution is -0.152. The second-order valence-electron chi connectivity index (χ2n) is 15.5. The van der Waals surface area contributed by atoms with Gasteiger partial charge >= 0.3 is 0 Å². The van der Waals surface area contributed by atoms with Crippen LogP contribution >= 0.6 is 0 Å². The summed E-state index contributed by atoms with van der Waals surface area (Å²) in [6.45, 7) is 27.3. The van der Waals surface area contributed by atoms with Crippen molar-refractivity contribution >= 4 is 30.7 Å². The molecule has 4 rings (SSSR count). The Morgan fingerprint density at radius 2 is 1.56 bits per heavy atom. The fourth-order valence-corrected chi connectivity index (χ4v) is 9.89. The summed E-state index contributed by atoms with van der Waals surface area (Å²) >= 11 is 0. The van der Waals surface area contributed by atoms with Crippen molar-refractivity contribution in [3.8, 4) is 0 Å². The largest absolute Gasteiger partial charge is 0.472 e. The second kappa shape index (κ2) is 12.3. The first-order valence-electron chi connectivity index (χ1n) is 15.4. The molecule has 7 nitrogen and oxygen atoms in total. The average molecular weight is 623 g/mol. The highest BCUT2D eigenvalue weighted by atomic mass is 28.4. The summed E-state index contributed by atoms with van der Waals surface area (Å²) in [4.78, 5) is 13.1. The zero-order valence-corrected chi connectivity index (χ0v) is 30.5. The van der Waals surface area contributed by atoms with Gasteiger partial charge in [0, 0.05) is 35.5 Å². The number of carbonyl (C=O) groups excluding carboxylic acids is 1. The molecule has 2 fully saturated rings. The quantitative estimate of drug-likeness (QED) is 0.138. The van der Waals surface area contributed by atoms with Crippen LogP contribution in [0, 0.1) is 11.8 Å². The number of rotatable bonds is 12. The molecule has 8 atom stereocenters. The molecule has 232 valence electrons. The predicted molar refractivity (Wildman–Crippen MR) is 170 cm³/mol. The van der Waals surface area contributed by atoms with Crippen LogP contribution in [0.4, 0.5) is 0 Å². The van der Waals surface area contributed by atoms with Gasteiger partial charge in [-0.1, -0.05) is 12.5 Å². The van der Waals surface area contributed by atoms with Gasteiger partial charge in [0.1, 0.15) is 6.26 Å². The number of Topliss-reactive ketones (excluding diaryl/α,β-unsaturated/α-hetero) is 1. The molecule has 1 aromatic heterocycles. The van der Waals surface area contributed by atoms with Crippen molar-refractivity contribution in [2.24, 2.45) is 11.8 Å². The first-order chi connectivity index (χ1) is 18.8. The van der Waals surface area contributed by atoms with Gasteiger partial charge < -0.3 is 27.2 Å². The van der Waals surface area contributed by atoms with Gasteiger partial charge in [0.05, 0.1) is 49.0 Å². The number of ether oxygens (including phenoxy) is 2.